The molecule has 94 valence electrons. The van der Waals surface area contributed by atoms with Gasteiger partial charge in [0.1, 0.15) is 11.8 Å². The van der Waals surface area contributed by atoms with E-state index in [-0.39, 0.29) is 6.54 Å². The lowest BCUT2D eigenvalue weighted by Gasteiger charge is -2.15. The molecule has 1 rings (SSSR count). The van der Waals surface area contributed by atoms with Crippen molar-refractivity contribution in [1.82, 2.24) is 5.32 Å². The zero-order valence-electron chi connectivity index (χ0n) is 9.88. The van der Waals surface area contributed by atoms with Crippen LogP contribution in [-0.2, 0) is 4.79 Å². The number of carboxylic acid groups (broad SMARTS) is 1. The van der Waals surface area contributed by atoms with Crippen molar-refractivity contribution in [3.63, 3.8) is 0 Å². The monoisotopic (exact) mass is 239 g/mol. The minimum atomic E-state index is -0.942. The molecule has 0 radical (unpaired) electrons. The molecule has 0 saturated heterocycles. The number of benzene rings is 1. The highest BCUT2D eigenvalue weighted by Crippen LogP contribution is 2.18. The lowest BCUT2D eigenvalue weighted by atomic mass is 10.1. The van der Waals surface area contributed by atoms with Crippen molar-refractivity contribution in [2.75, 3.05) is 13.7 Å². The molecule has 2 unspecified atom stereocenters. The summed E-state index contributed by atoms with van der Waals surface area (Å²) in [7, 11) is 1.55. The Morgan fingerprint density at radius 3 is 2.82 bits per heavy atom. The van der Waals surface area contributed by atoms with E-state index in [0.717, 1.165) is 0 Å². The third-order valence-corrected chi connectivity index (χ3v) is 2.47. The summed E-state index contributed by atoms with van der Waals surface area (Å²) in [5.41, 5.74) is 0.689. The fourth-order valence-corrected chi connectivity index (χ4v) is 1.34. The van der Waals surface area contributed by atoms with Gasteiger partial charge in [-0.3, -0.25) is 4.79 Å². The smallest absolute Gasteiger partial charge is 0.320 e. The largest absolute Gasteiger partial charge is 0.497 e. The molecule has 0 amide bonds. The van der Waals surface area contributed by atoms with Gasteiger partial charge in [-0.1, -0.05) is 12.1 Å². The summed E-state index contributed by atoms with van der Waals surface area (Å²) in [5.74, 6) is -0.282. The van der Waals surface area contributed by atoms with Gasteiger partial charge in [0.2, 0.25) is 0 Å². The Hall–Kier alpha value is -1.59. The summed E-state index contributed by atoms with van der Waals surface area (Å²) >= 11 is 0. The van der Waals surface area contributed by atoms with Crippen LogP contribution < -0.4 is 10.1 Å². The van der Waals surface area contributed by atoms with Crippen molar-refractivity contribution in [3.8, 4) is 5.75 Å². The molecule has 0 fully saturated rings. The zero-order valence-corrected chi connectivity index (χ0v) is 9.88. The van der Waals surface area contributed by atoms with E-state index in [1.54, 1.807) is 31.4 Å². The first-order valence-corrected chi connectivity index (χ1v) is 5.32. The third kappa shape index (κ3) is 4.05. The fraction of sp³-hybridized carbons (Fsp3) is 0.417. The van der Waals surface area contributed by atoms with E-state index in [4.69, 9.17) is 9.84 Å². The van der Waals surface area contributed by atoms with Crippen LogP contribution >= 0.6 is 0 Å². The molecule has 1 aromatic rings. The molecule has 0 bridgehead atoms. The molecule has 0 saturated carbocycles. The van der Waals surface area contributed by atoms with E-state index in [1.165, 1.54) is 6.92 Å². The first kappa shape index (κ1) is 13.5. The minimum Gasteiger partial charge on any atom is -0.497 e. The normalized spacial score (nSPS) is 14.1. The van der Waals surface area contributed by atoms with Crippen LogP contribution in [0.2, 0.25) is 0 Å². The van der Waals surface area contributed by atoms with Crippen molar-refractivity contribution >= 4 is 5.97 Å². The maximum Gasteiger partial charge on any atom is 0.320 e. The summed E-state index contributed by atoms with van der Waals surface area (Å²) in [4.78, 5) is 10.6. The van der Waals surface area contributed by atoms with Gasteiger partial charge in [0.25, 0.3) is 0 Å². The van der Waals surface area contributed by atoms with Crippen molar-refractivity contribution in [1.29, 1.82) is 0 Å². The number of hydrogen-bond donors (Lipinski definition) is 3. The fourth-order valence-electron chi connectivity index (χ4n) is 1.34. The number of nitrogens with one attached hydrogen (secondary N) is 1. The summed E-state index contributed by atoms with van der Waals surface area (Å²) in [6, 6.07) is 6.36. The number of aliphatic hydroxyl groups excluding tert-OH is 1. The van der Waals surface area contributed by atoms with Crippen LogP contribution in [0.3, 0.4) is 0 Å². The Labute approximate surface area is 100 Å². The summed E-state index contributed by atoms with van der Waals surface area (Å²) in [6.07, 6.45) is -0.758. The average molecular weight is 239 g/mol. The predicted octanol–water partition coefficient (Wildman–Crippen LogP) is 0.791. The Balaban J connectivity index is 2.57. The molecule has 3 N–H and O–H groups in total. The van der Waals surface area contributed by atoms with E-state index in [9.17, 15) is 9.90 Å². The molecule has 0 aliphatic rings. The topological polar surface area (TPSA) is 78.8 Å². The molecular weight excluding hydrogens is 222 g/mol. The highest BCUT2D eigenvalue weighted by Gasteiger charge is 2.13. The summed E-state index contributed by atoms with van der Waals surface area (Å²) < 4.78 is 5.04. The second-order valence-electron chi connectivity index (χ2n) is 3.76. The molecule has 0 heterocycles. The molecule has 2 atom stereocenters. The quantitative estimate of drug-likeness (QED) is 0.684. The lowest BCUT2D eigenvalue weighted by molar-refractivity contribution is -0.139. The second-order valence-corrected chi connectivity index (χ2v) is 3.76. The first-order chi connectivity index (χ1) is 8.04. The number of rotatable bonds is 6. The maximum atomic E-state index is 10.6. The van der Waals surface area contributed by atoms with E-state index in [1.807, 2.05) is 0 Å². The number of methoxy groups -OCH3 is 1. The standard InChI is InChI=1S/C12H17NO4/c1-8(12(15)16)13-7-11(14)9-4-3-5-10(6-9)17-2/h3-6,8,11,13-14H,7H2,1-2H3,(H,15,16). The molecule has 0 aliphatic carbocycles. The average Bonchev–Trinajstić information content (AvgIpc) is 2.35. The molecule has 17 heavy (non-hydrogen) atoms. The van der Waals surface area contributed by atoms with Crippen LogP contribution in [0.5, 0.6) is 5.75 Å². The van der Waals surface area contributed by atoms with Gasteiger partial charge >= 0.3 is 5.97 Å². The van der Waals surface area contributed by atoms with Gasteiger partial charge in [-0.25, -0.2) is 0 Å². The Morgan fingerprint density at radius 1 is 1.53 bits per heavy atom. The van der Waals surface area contributed by atoms with Crippen LogP contribution in [-0.4, -0.2) is 35.9 Å². The van der Waals surface area contributed by atoms with Crippen LogP contribution in [0.1, 0.15) is 18.6 Å². The van der Waals surface area contributed by atoms with Crippen molar-refractivity contribution in [2.45, 2.75) is 19.1 Å². The molecule has 0 spiro atoms. The van der Waals surface area contributed by atoms with Crippen molar-refractivity contribution in [3.05, 3.63) is 29.8 Å². The molecular formula is C12H17NO4. The van der Waals surface area contributed by atoms with Crippen molar-refractivity contribution in [2.24, 2.45) is 0 Å². The van der Waals surface area contributed by atoms with Gasteiger partial charge in [0, 0.05) is 6.54 Å². The lowest BCUT2D eigenvalue weighted by Crippen LogP contribution is -2.36. The Kier molecular flexibility index (Phi) is 4.93. The molecule has 1 aromatic carbocycles. The van der Waals surface area contributed by atoms with Gasteiger partial charge in [-0.15, -0.1) is 0 Å². The van der Waals surface area contributed by atoms with Crippen molar-refractivity contribution < 1.29 is 19.7 Å². The SMILES string of the molecule is COc1cccc(C(O)CNC(C)C(=O)O)c1. The van der Waals surface area contributed by atoms with Gasteiger partial charge in [0.05, 0.1) is 13.2 Å². The number of ether oxygens (including phenoxy) is 1. The number of carboxylic acids is 1. The zero-order chi connectivity index (χ0) is 12.8. The third-order valence-electron chi connectivity index (χ3n) is 2.47. The van der Waals surface area contributed by atoms with E-state index in [0.29, 0.717) is 11.3 Å². The predicted molar refractivity (Wildman–Crippen MR) is 63.1 cm³/mol. The van der Waals surface area contributed by atoms with Crippen LogP contribution in [0.15, 0.2) is 24.3 Å². The Bertz CT molecular complexity index is 381. The highest BCUT2D eigenvalue weighted by molar-refractivity contribution is 5.72. The summed E-state index contributed by atoms with van der Waals surface area (Å²) in [6.45, 7) is 1.71. The number of aliphatic carboxylic acids is 1. The molecule has 5 heteroatoms. The Morgan fingerprint density at radius 2 is 2.24 bits per heavy atom. The van der Waals surface area contributed by atoms with Gasteiger partial charge in [0.15, 0.2) is 0 Å². The van der Waals surface area contributed by atoms with Crippen LogP contribution in [0, 0.1) is 0 Å². The highest BCUT2D eigenvalue weighted by atomic mass is 16.5. The van der Waals surface area contributed by atoms with Crippen LogP contribution in [0.25, 0.3) is 0 Å². The summed E-state index contributed by atoms with van der Waals surface area (Å²) in [5, 5.41) is 21.3. The van der Waals surface area contributed by atoms with E-state index >= 15 is 0 Å². The molecule has 0 aliphatic heterocycles. The number of hydrogen-bond acceptors (Lipinski definition) is 4. The minimum absolute atomic E-state index is 0.181. The number of carbonyl (C=O) groups is 1. The van der Waals surface area contributed by atoms with Gasteiger partial charge < -0.3 is 20.3 Å². The van der Waals surface area contributed by atoms with E-state index in [2.05, 4.69) is 5.32 Å². The number of aliphatic hydroxyl groups is 1. The van der Waals surface area contributed by atoms with E-state index < -0.39 is 18.1 Å². The van der Waals surface area contributed by atoms with Gasteiger partial charge in [-0.05, 0) is 24.6 Å². The molecule has 0 aromatic heterocycles. The van der Waals surface area contributed by atoms with Crippen LogP contribution in [0.4, 0.5) is 0 Å². The maximum absolute atomic E-state index is 10.6. The second kappa shape index (κ2) is 6.22. The molecule has 5 nitrogen and oxygen atoms in total. The van der Waals surface area contributed by atoms with Gasteiger partial charge in [-0.2, -0.15) is 0 Å². The first-order valence-electron chi connectivity index (χ1n) is 5.32.